The highest BCUT2D eigenvalue weighted by Gasteiger charge is 2.38. The Bertz CT molecular complexity index is 329. The summed E-state index contributed by atoms with van der Waals surface area (Å²) in [5.74, 6) is 0.943. The number of hydrogen-bond acceptors (Lipinski definition) is 3. The number of carbonyl (C=O) groups excluding carboxylic acids is 1. The second-order valence-corrected chi connectivity index (χ2v) is 6.88. The Hall–Kier alpha value is -0.610. The zero-order chi connectivity index (χ0) is 14.0. The van der Waals surface area contributed by atoms with Crippen LogP contribution in [0.2, 0.25) is 0 Å². The summed E-state index contributed by atoms with van der Waals surface area (Å²) in [4.78, 5) is 17.2. The minimum atomic E-state index is 0.0841. The number of nitrogens with two attached hydrogens (primary N) is 1. The van der Waals surface area contributed by atoms with Crippen LogP contribution in [0.5, 0.6) is 0 Å². The predicted molar refractivity (Wildman–Crippen MR) is 77.8 cm³/mol. The fraction of sp³-hybridized carbons (Fsp3) is 0.933. The van der Waals surface area contributed by atoms with E-state index in [2.05, 4.69) is 30.7 Å². The van der Waals surface area contributed by atoms with Gasteiger partial charge in [-0.25, -0.2) is 0 Å². The summed E-state index contributed by atoms with van der Waals surface area (Å²) in [7, 11) is 2.14. The van der Waals surface area contributed by atoms with E-state index in [1.807, 2.05) is 0 Å². The summed E-state index contributed by atoms with van der Waals surface area (Å²) in [6.45, 7) is 7.77. The first kappa shape index (κ1) is 14.8. The molecule has 2 atom stereocenters. The lowest BCUT2D eigenvalue weighted by molar-refractivity contribution is -0.143. The molecular formula is C15H29N3O. The lowest BCUT2D eigenvalue weighted by Crippen LogP contribution is -2.60. The molecule has 4 nitrogen and oxygen atoms in total. The molecule has 1 aliphatic heterocycles. The van der Waals surface area contributed by atoms with Crippen molar-refractivity contribution in [1.82, 2.24) is 9.80 Å². The highest BCUT2D eigenvalue weighted by atomic mass is 16.2. The Kier molecular flexibility index (Phi) is 4.51. The topological polar surface area (TPSA) is 49.6 Å². The first-order valence-corrected chi connectivity index (χ1v) is 7.66. The van der Waals surface area contributed by atoms with E-state index in [-0.39, 0.29) is 11.5 Å². The van der Waals surface area contributed by atoms with E-state index in [0.717, 1.165) is 32.5 Å². The van der Waals surface area contributed by atoms with Gasteiger partial charge in [0.1, 0.15) is 0 Å². The van der Waals surface area contributed by atoms with E-state index in [0.29, 0.717) is 18.4 Å². The number of carbonyl (C=O) groups is 1. The molecular weight excluding hydrogens is 238 g/mol. The average molecular weight is 267 g/mol. The third-order valence-electron chi connectivity index (χ3n) is 5.16. The van der Waals surface area contributed by atoms with Gasteiger partial charge in [0, 0.05) is 31.1 Å². The quantitative estimate of drug-likeness (QED) is 0.820. The zero-order valence-corrected chi connectivity index (χ0v) is 12.7. The molecule has 0 radical (unpaired) electrons. The number of likely N-dealkylation sites (N-methyl/N-ethyl adjacent to an activating group) is 1. The van der Waals surface area contributed by atoms with Crippen LogP contribution in [0.1, 0.15) is 39.5 Å². The smallest absolute Gasteiger partial charge is 0.226 e. The lowest BCUT2D eigenvalue weighted by atomic mass is 9.78. The van der Waals surface area contributed by atoms with Crippen molar-refractivity contribution in [3.05, 3.63) is 0 Å². The molecule has 2 N–H and O–H groups in total. The number of amides is 1. The Morgan fingerprint density at radius 3 is 2.58 bits per heavy atom. The summed E-state index contributed by atoms with van der Waals surface area (Å²) in [6.07, 6.45) is 4.58. The van der Waals surface area contributed by atoms with Crippen LogP contribution < -0.4 is 5.73 Å². The van der Waals surface area contributed by atoms with Gasteiger partial charge in [0.05, 0.1) is 0 Å². The fourth-order valence-electron chi connectivity index (χ4n) is 3.48. The second-order valence-electron chi connectivity index (χ2n) is 6.88. The van der Waals surface area contributed by atoms with Crippen molar-refractivity contribution in [3.8, 4) is 0 Å². The SMILES string of the molecule is CN1CCN(C(=O)C2CCCCC2CN)CC1(C)C. The van der Waals surface area contributed by atoms with E-state index in [9.17, 15) is 4.79 Å². The van der Waals surface area contributed by atoms with Gasteiger partial charge < -0.3 is 10.6 Å². The maximum atomic E-state index is 12.8. The van der Waals surface area contributed by atoms with Crippen LogP contribution in [-0.4, -0.2) is 54.5 Å². The number of nitrogens with zero attached hydrogens (tertiary/aromatic N) is 2. The van der Waals surface area contributed by atoms with Crippen LogP contribution in [0.4, 0.5) is 0 Å². The molecule has 0 aromatic rings. The Balaban J connectivity index is 2.03. The van der Waals surface area contributed by atoms with Gasteiger partial charge in [-0.2, -0.15) is 0 Å². The summed E-state index contributed by atoms with van der Waals surface area (Å²) in [5, 5.41) is 0. The molecule has 0 bridgehead atoms. The molecule has 2 rings (SSSR count). The van der Waals surface area contributed by atoms with Gasteiger partial charge in [0.25, 0.3) is 0 Å². The van der Waals surface area contributed by atoms with Crippen LogP contribution >= 0.6 is 0 Å². The molecule has 0 spiro atoms. The van der Waals surface area contributed by atoms with Crippen LogP contribution in [0.3, 0.4) is 0 Å². The number of rotatable bonds is 2. The molecule has 0 aromatic heterocycles. The average Bonchev–Trinajstić information content (AvgIpc) is 2.41. The molecule has 4 heteroatoms. The molecule has 1 amide bonds. The Morgan fingerprint density at radius 1 is 1.26 bits per heavy atom. The lowest BCUT2D eigenvalue weighted by Gasteiger charge is -2.47. The number of piperazine rings is 1. The second kappa shape index (κ2) is 5.80. The monoisotopic (exact) mass is 267 g/mol. The fourth-order valence-corrected chi connectivity index (χ4v) is 3.48. The van der Waals surface area contributed by atoms with Gasteiger partial charge in [-0.15, -0.1) is 0 Å². The van der Waals surface area contributed by atoms with Gasteiger partial charge in [0.2, 0.25) is 5.91 Å². The minimum Gasteiger partial charge on any atom is -0.339 e. The van der Waals surface area contributed by atoms with Crippen molar-refractivity contribution in [3.63, 3.8) is 0 Å². The van der Waals surface area contributed by atoms with Crippen molar-refractivity contribution < 1.29 is 4.79 Å². The third-order valence-corrected chi connectivity index (χ3v) is 5.16. The standard InChI is InChI=1S/C15H29N3O/c1-15(2)11-18(9-8-17(15)3)14(19)13-7-5-4-6-12(13)10-16/h12-13H,4-11,16H2,1-3H3. The molecule has 2 unspecified atom stereocenters. The largest absolute Gasteiger partial charge is 0.339 e. The number of hydrogen-bond donors (Lipinski definition) is 1. The minimum absolute atomic E-state index is 0.0841. The van der Waals surface area contributed by atoms with Gasteiger partial charge in [-0.05, 0) is 46.2 Å². The molecule has 19 heavy (non-hydrogen) atoms. The highest BCUT2D eigenvalue weighted by Crippen LogP contribution is 2.32. The van der Waals surface area contributed by atoms with E-state index in [1.165, 1.54) is 12.8 Å². The summed E-state index contributed by atoms with van der Waals surface area (Å²) in [5.41, 5.74) is 5.94. The predicted octanol–water partition coefficient (Wildman–Crippen LogP) is 1.30. The molecule has 110 valence electrons. The molecule has 1 heterocycles. The molecule has 1 saturated heterocycles. The normalized spacial score (nSPS) is 32.3. The van der Waals surface area contributed by atoms with Crippen molar-refractivity contribution in [1.29, 1.82) is 0 Å². The summed E-state index contributed by atoms with van der Waals surface area (Å²) >= 11 is 0. The summed E-state index contributed by atoms with van der Waals surface area (Å²) < 4.78 is 0. The Labute approximate surface area is 117 Å². The molecule has 1 aliphatic carbocycles. The molecule has 1 saturated carbocycles. The summed E-state index contributed by atoms with van der Waals surface area (Å²) in [6, 6.07) is 0. The van der Waals surface area contributed by atoms with E-state index in [1.54, 1.807) is 0 Å². The van der Waals surface area contributed by atoms with Gasteiger partial charge >= 0.3 is 0 Å². The highest BCUT2D eigenvalue weighted by molar-refractivity contribution is 5.79. The van der Waals surface area contributed by atoms with Gasteiger partial charge in [-0.1, -0.05) is 12.8 Å². The van der Waals surface area contributed by atoms with Crippen molar-refractivity contribution in [2.75, 3.05) is 33.2 Å². The van der Waals surface area contributed by atoms with Crippen LogP contribution in [0, 0.1) is 11.8 Å². The first-order chi connectivity index (χ1) is 8.95. The van der Waals surface area contributed by atoms with Crippen molar-refractivity contribution in [2.45, 2.75) is 45.1 Å². The van der Waals surface area contributed by atoms with E-state index >= 15 is 0 Å². The van der Waals surface area contributed by atoms with Gasteiger partial charge in [0.15, 0.2) is 0 Å². The third kappa shape index (κ3) is 3.11. The van der Waals surface area contributed by atoms with Crippen LogP contribution in [-0.2, 0) is 4.79 Å². The van der Waals surface area contributed by atoms with Crippen molar-refractivity contribution >= 4 is 5.91 Å². The molecule has 0 aromatic carbocycles. The van der Waals surface area contributed by atoms with Crippen molar-refractivity contribution in [2.24, 2.45) is 17.6 Å². The first-order valence-electron chi connectivity index (χ1n) is 7.66. The molecule has 2 fully saturated rings. The maximum absolute atomic E-state index is 12.8. The zero-order valence-electron chi connectivity index (χ0n) is 12.7. The Morgan fingerprint density at radius 2 is 1.95 bits per heavy atom. The maximum Gasteiger partial charge on any atom is 0.226 e. The van der Waals surface area contributed by atoms with E-state index < -0.39 is 0 Å². The van der Waals surface area contributed by atoms with Crippen LogP contribution in [0.25, 0.3) is 0 Å². The van der Waals surface area contributed by atoms with E-state index in [4.69, 9.17) is 5.73 Å². The molecule has 2 aliphatic rings. The van der Waals surface area contributed by atoms with Gasteiger partial charge in [-0.3, -0.25) is 9.69 Å². The van der Waals surface area contributed by atoms with Crippen LogP contribution in [0.15, 0.2) is 0 Å².